The molecule has 3 heteroatoms. The zero-order chi connectivity index (χ0) is 9.23. The van der Waals surface area contributed by atoms with E-state index in [0.717, 1.165) is 0 Å². The Bertz CT molecular complexity index is 102. The minimum Gasteiger partial charge on any atom is -0.679 e. The van der Waals surface area contributed by atoms with Crippen LogP contribution < -0.4 is 18.9 Å². The summed E-state index contributed by atoms with van der Waals surface area (Å²) in [5, 5.41) is 8.42. The van der Waals surface area contributed by atoms with Crippen molar-refractivity contribution in [2.75, 3.05) is 0 Å². The molecule has 0 aromatic carbocycles. The van der Waals surface area contributed by atoms with Gasteiger partial charge in [0.2, 0.25) is 0 Å². The largest absolute Gasteiger partial charge is 1.00 e. The number of hydrogen-bond donors (Lipinski definition) is 0. The van der Waals surface area contributed by atoms with Gasteiger partial charge in [0, 0.05) is 0 Å². The van der Waals surface area contributed by atoms with Crippen LogP contribution in [0.15, 0.2) is 0 Å². The van der Waals surface area contributed by atoms with Gasteiger partial charge in [-0.1, -0.05) is 58.2 Å². The van der Waals surface area contributed by atoms with Crippen molar-refractivity contribution in [2.45, 2.75) is 58.2 Å². The Labute approximate surface area is 90.8 Å². The van der Waals surface area contributed by atoms with Crippen molar-refractivity contribution in [3.63, 3.8) is 0 Å². The molecule has 0 heterocycles. The fourth-order valence-corrected chi connectivity index (χ4v) is 6.00. The van der Waals surface area contributed by atoms with Gasteiger partial charge in [-0.15, -0.1) is 0 Å². The molecule has 0 aromatic heterocycles. The van der Waals surface area contributed by atoms with E-state index in [-0.39, 0.29) is 18.9 Å². The maximum absolute atomic E-state index is 8.42. The van der Waals surface area contributed by atoms with Gasteiger partial charge in [0.15, 0.2) is 0 Å². The van der Waals surface area contributed by atoms with Crippen LogP contribution >= 0.6 is 0 Å². The van der Waals surface area contributed by atoms with Gasteiger partial charge in [-0.3, -0.25) is 0 Å². The third kappa shape index (κ3) is 2.92. The van der Waals surface area contributed by atoms with Gasteiger partial charge in [0.1, 0.15) is 0 Å². The topological polar surface area (TPSA) is 23.8 Å². The van der Waals surface area contributed by atoms with Gasteiger partial charge < -0.3 is 5.40 Å². The quantitative estimate of drug-likeness (QED) is 0.582. The summed E-state index contributed by atoms with van der Waals surface area (Å²) in [7, 11) is -1.73. The second kappa shape index (κ2) is 5.49. The third-order valence-electron chi connectivity index (χ3n) is 2.87. The maximum Gasteiger partial charge on any atom is 1.00 e. The van der Waals surface area contributed by atoms with Crippen molar-refractivity contribution in [2.24, 2.45) is 0 Å². The second-order valence-corrected chi connectivity index (χ2v) is 9.73. The number of hydrogen-bond acceptors (Lipinski definition) is 0. The first kappa shape index (κ1) is 15.3. The van der Waals surface area contributed by atoms with Crippen LogP contribution in [0.2, 0.25) is 16.6 Å². The molecule has 0 aliphatic heterocycles. The number of rotatable bonds is 3. The molecule has 0 aliphatic carbocycles. The van der Waals surface area contributed by atoms with Crippen LogP contribution in [0.5, 0.6) is 0 Å². The first-order valence-electron chi connectivity index (χ1n) is 4.58. The second-order valence-electron chi connectivity index (χ2n) is 4.40. The number of nitrogens with one attached hydrogen (secondary N) is 1. The van der Waals surface area contributed by atoms with E-state index >= 15 is 0 Å². The van der Waals surface area contributed by atoms with E-state index in [0.29, 0.717) is 16.6 Å². The Hall–Kier alpha value is 0.774. The van der Waals surface area contributed by atoms with Crippen LogP contribution in [0.4, 0.5) is 0 Å². The minimum absolute atomic E-state index is 0. The van der Waals surface area contributed by atoms with Crippen molar-refractivity contribution < 1.29 is 18.9 Å². The Morgan fingerprint density at radius 3 is 0.917 bits per heavy atom. The minimum atomic E-state index is -1.73. The zero-order valence-electron chi connectivity index (χ0n) is 9.73. The summed E-state index contributed by atoms with van der Waals surface area (Å²) in [4.78, 5) is 0. The Kier molecular flexibility index (Phi) is 6.98. The van der Waals surface area contributed by atoms with Crippen molar-refractivity contribution in [1.82, 2.24) is 0 Å². The van der Waals surface area contributed by atoms with Crippen LogP contribution in [0.3, 0.4) is 0 Å². The van der Waals surface area contributed by atoms with Crippen LogP contribution in [0.1, 0.15) is 41.5 Å². The molecule has 0 aliphatic rings. The molecular formula is C9H22LiNSi. The molecular weight excluding hydrogens is 157 g/mol. The Morgan fingerprint density at radius 2 is 0.917 bits per heavy atom. The summed E-state index contributed by atoms with van der Waals surface area (Å²) in [5.74, 6) is 0. The summed E-state index contributed by atoms with van der Waals surface area (Å²) >= 11 is 0. The predicted molar refractivity (Wildman–Crippen MR) is 55.4 cm³/mol. The van der Waals surface area contributed by atoms with Gasteiger partial charge in [-0.05, 0) is 8.24 Å². The average Bonchev–Trinajstić information content (AvgIpc) is 1.84. The average molecular weight is 179 g/mol. The van der Waals surface area contributed by atoms with Crippen LogP contribution in [0.25, 0.3) is 5.40 Å². The summed E-state index contributed by atoms with van der Waals surface area (Å²) < 4.78 is 0. The molecule has 0 saturated carbocycles. The zero-order valence-corrected chi connectivity index (χ0v) is 10.7. The van der Waals surface area contributed by atoms with Gasteiger partial charge in [-0.2, -0.15) is 0 Å². The summed E-state index contributed by atoms with van der Waals surface area (Å²) in [5.41, 5.74) is 1.76. The molecule has 0 saturated heterocycles. The fraction of sp³-hybridized carbons (Fsp3) is 1.00. The summed E-state index contributed by atoms with van der Waals surface area (Å²) in [6.07, 6.45) is 0. The van der Waals surface area contributed by atoms with E-state index in [1.165, 1.54) is 0 Å². The van der Waals surface area contributed by atoms with Gasteiger partial charge in [-0.25, -0.2) is 0 Å². The van der Waals surface area contributed by atoms with Gasteiger partial charge in [0.05, 0.1) is 0 Å². The van der Waals surface area contributed by atoms with Crippen LogP contribution in [-0.2, 0) is 0 Å². The molecule has 0 radical (unpaired) electrons. The predicted octanol–water partition coefficient (Wildman–Crippen LogP) is 1.22. The van der Waals surface area contributed by atoms with Crippen molar-refractivity contribution in [1.29, 1.82) is 0 Å². The molecule has 0 fully saturated rings. The molecule has 0 bridgehead atoms. The van der Waals surface area contributed by atoms with Crippen molar-refractivity contribution in [3.8, 4) is 0 Å². The van der Waals surface area contributed by atoms with E-state index in [4.69, 9.17) is 5.40 Å². The molecule has 0 unspecified atom stereocenters. The molecule has 68 valence electrons. The smallest absolute Gasteiger partial charge is 0.679 e. The Balaban J connectivity index is 0. The summed E-state index contributed by atoms with van der Waals surface area (Å²) in [6.45, 7) is 13.2. The molecule has 1 nitrogen and oxygen atoms in total. The summed E-state index contributed by atoms with van der Waals surface area (Å²) in [6, 6.07) is 0. The van der Waals surface area contributed by atoms with E-state index in [1.807, 2.05) is 0 Å². The maximum atomic E-state index is 8.42. The first-order valence-corrected chi connectivity index (χ1v) is 6.81. The van der Waals surface area contributed by atoms with Crippen molar-refractivity contribution in [3.05, 3.63) is 5.40 Å². The fourth-order valence-electron chi connectivity index (χ4n) is 2.00. The Morgan fingerprint density at radius 1 is 0.750 bits per heavy atom. The van der Waals surface area contributed by atoms with E-state index in [2.05, 4.69) is 41.5 Å². The molecule has 0 rings (SSSR count). The van der Waals surface area contributed by atoms with E-state index in [9.17, 15) is 0 Å². The van der Waals surface area contributed by atoms with Gasteiger partial charge >= 0.3 is 18.9 Å². The standard InChI is InChI=1S/C9H22NSi.Li/c1-7(2)11(10,8(3)4)9(5)6;/h7-10H,1-6H3;/q-1;+1. The SMILES string of the molecule is CC(C)[Si]([NH-])(C(C)C)C(C)C.[Li+]. The molecule has 1 N–H and O–H groups in total. The van der Waals surface area contributed by atoms with E-state index in [1.54, 1.807) is 0 Å². The van der Waals surface area contributed by atoms with Crippen LogP contribution in [0, 0.1) is 0 Å². The third-order valence-corrected chi connectivity index (χ3v) is 8.60. The molecule has 12 heavy (non-hydrogen) atoms. The normalized spacial score (nSPS) is 12.5. The monoisotopic (exact) mass is 179 g/mol. The van der Waals surface area contributed by atoms with Gasteiger partial charge in [0.25, 0.3) is 0 Å². The van der Waals surface area contributed by atoms with E-state index < -0.39 is 8.24 Å². The molecule has 0 aromatic rings. The first-order chi connectivity index (χ1) is 4.83. The molecule has 0 amide bonds. The molecule has 0 spiro atoms. The van der Waals surface area contributed by atoms with Crippen molar-refractivity contribution >= 4 is 8.24 Å². The molecule has 0 atom stereocenters. The van der Waals surface area contributed by atoms with Crippen LogP contribution in [-0.4, -0.2) is 8.24 Å².